The highest BCUT2D eigenvalue weighted by atomic mass is 16.6. The number of amides is 1. The van der Waals surface area contributed by atoms with Gasteiger partial charge in [0.2, 0.25) is 5.91 Å². The lowest BCUT2D eigenvalue weighted by molar-refractivity contribution is -0.121. The van der Waals surface area contributed by atoms with Crippen LogP contribution in [0.25, 0.3) is 0 Å². The second-order valence-electron chi connectivity index (χ2n) is 8.30. The van der Waals surface area contributed by atoms with Crippen LogP contribution in [0.3, 0.4) is 0 Å². The highest BCUT2D eigenvalue weighted by molar-refractivity contribution is 5.75. The third-order valence-corrected chi connectivity index (χ3v) is 4.89. The van der Waals surface area contributed by atoms with Gasteiger partial charge in [-0.15, -0.1) is 0 Å². The van der Waals surface area contributed by atoms with Crippen molar-refractivity contribution in [2.45, 2.75) is 45.4 Å². The largest absolute Gasteiger partial charge is 0.492 e. The topological polar surface area (TPSA) is 56.8 Å². The zero-order valence-electron chi connectivity index (χ0n) is 17.6. The van der Waals surface area contributed by atoms with Crippen molar-refractivity contribution in [1.29, 1.82) is 0 Å². The maximum atomic E-state index is 12.0. The summed E-state index contributed by atoms with van der Waals surface area (Å²) in [5.74, 6) is 2.47. The molecule has 1 aliphatic heterocycles. The van der Waals surface area contributed by atoms with Gasteiger partial charge >= 0.3 is 0 Å². The van der Waals surface area contributed by atoms with Crippen LogP contribution in [0.1, 0.15) is 44.7 Å². The monoisotopic (exact) mass is 397 g/mol. The molecule has 0 radical (unpaired) electrons. The van der Waals surface area contributed by atoms with Crippen LogP contribution in [0.4, 0.5) is 0 Å². The molecule has 0 aromatic heterocycles. The summed E-state index contributed by atoms with van der Waals surface area (Å²) in [5, 5.41) is 2.92. The van der Waals surface area contributed by atoms with Crippen molar-refractivity contribution in [3.05, 3.63) is 53.6 Å². The molecular weight excluding hydrogens is 366 g/mol. The molecule has 0 saturated carbocycles. The van der Waals surface area contributed by atoms with Crippen LogP contribution in [0.2, 0.25) is 0 Å². The third-order valence-electron chi connectivity index (χ3n) is 4.89. The van der Waals surface area contributed by atoms with Crippen molar-refractivity contribution in [2.24, 2.45) is 0 Å². The maximum absolute atomic E-state index is 12.0. The molecule has 2 aromatic rings. The summed E-state index contributed by atoms with van der Waals surface area (Å²) in [5.41, 5.74) is 2.56. The van der Waals surface area contributed by atoms with Gasteiger partial charge in [0, 0.05) is 6.42 Å². The van der Waals surface area contributed by atoms with E-state index in [9.17, 15) is 4.79 Å². The summed E-state index contributed by atoms with van der Waals surface area (Å²) in [6.07, 6.45) is 2.12. The van der Waals surface area contributed by atoms with Crippen molar-refractivity contribution in [3.8, 4) is 17.2 Å². The highest BCUT2D eigenvalue weighted by Crippen LogP contribution is 2.31. The number of carbonyl (C=O) groups excluding carboxylic acids is 1. The molecule has 0 aliphatic carbocycles. The van der Waals surface area contributed by atoms with Gasteiger partial charge in [0.05, 0.1) is 6.54 Å². The fourth-order valence-corrected chi connectivity index (χ4v) is 3.20. The van der Waals surface area contributed by atoms with Gasteiger partial charge in [0.15, 0.2) is 11.5 Å². The number of carbonyl (C=O) groups is 1. The first-order valence-electron chi connectivity index (χ1n) is 10.3. The fourth-order valence-electron chi connectivity index (χ4n) is 3.20. The molecule has 29 heavy (non-hydrogen) atoms. The van der Waals surface area contributed by atoms with E-state index in [-0.39, 0.29) is 11.3 Å². The van der Waals surface area contributed by atoms with E-state index >= 15 is 0 Å². The molecule has 1 amide bonds. The van der Waals surface area contributed by atoms with Crippen LogP contribution < -0.4 is 19.5 Å². The molecule has 0 bridgehead atoms. The highest BCUT2D eigenvalue weighted by Gasteiger charge is 2.13. The van der Waals surface area contributed by atoms with E-state index in [0.717, 1.165) is 35.7 Å². The number of hydrogen-bond donors (Lipinski definition) is 1. The van der Waals surface area contributed by atoms with Crippen LogP contribution in [-0.2, 0) is 16.6 Å². The Morgan fingerprint density at radius 3 is 2.48 bits per heavy atom. The van der Waals surface area contributed by atoms with Gasteiger partial charge in [0.1, 0.15) is 25.6 Å². The van der Waals surface area contributed by atoms with Crippen LogP contribution in [0.15, 0.2) is 42.5 Å². The standard InChI is InChI=1S/C24H31NO4/c1-24(2,3)19-8-10-20(11-9-19)27-14-13-25-23(26)6-4-5-18-7-12-21-22(17-18)29-16-15-28-21/h7-12,17H,4-6,13-16H2,1-3H3,(H,25,26). The van der Waals surface area contributed by atoms with Crippen molar-refractivity contribution >= 4 is 5.91 Å². The fraction of sp³-hybridized carbons (Fsp3) is 0.458. The van der Waals surface area contributed by atoms with Gasteiger partial charge in [-0.3, -0.25) is 4.79 Å². The molecular formula is C24H31NO4. The second-order valence-corrected chi connectivity index (χ2v) is 8.30. The van der Waals surface area contributed by atoms with E-state index in [1.807, 2.05) is 30.3 Å². The Kier molecular flexibility index (Phi) is 7.02. The predicted molar refractivity (Wildman–Crippen MR) is 114 cm³/mol. The van der Waals surface area contributed by atoms with Crippen LogP contribution in [0, 0.1) is 0 Å². The molecule has 0 spiro atoms. The quantitative estimate of drug-likeness (QED) is 0.676. The van der Waals surface area contributed by atoms with Gasteiger partial charge in [-0.25, -0.2) is 0 Å². The smallest absolute Gasteiger partial charge is 0.220 e. The summed E-state index contributed by atoms with van der Waals surface area (Å²) in [7, 11) is 0. The molecule has 0 fully saturated rings. The normalized spacial score (nSPS) is 13.1. The summed E-state index contributed by atoms with van der Waals surface area (Å²) >= 11 is 0. The predicted octanol–water partition coefficient (Wildman–Crippen LogP) is 4.27. The van der Waals surface area contributed by atoms with Crippen LogP contribution in [-0.4, -0.2) is 32.3 Å². The van der Waals surface area contributed by atoms with Gasteiger partial charge in [-0.05, 0) is 53.6 Å². The first-order valence-corrected chi connectivity index (χ1v) is 10.3. The number of fused-ring (bicyclic) bond motifs is 1. The van der Waals surface area contributed by atoms with E-state index in [4.69, 9.17) is 14.2 Å². The first-order chi connectivity index (χ1) is 13.9. The number of aryl methyl sites for hydroxylation is 1. The molecule has 5 heteroatoms. The van der Waals surface area contributed by atoms with E-state index in [1.54, 1.807) is 0 Å². The molecule has 0 saturated heterocycles. The first kappa shape index (κ1) is 21.0. The molecule has 2 aromatic carbocycles. The van der Waals surface area contributed by atoms with Crippen molar-refractivity contribution in [3.63, 3.8) is 0 Å². The van der Waals surface area contributed by atoms with Crippen LogP contribution in [0.5, 0.6) is 17.2 Å². The van der Waals surface area contributed by atoms with Gasteiger partial charge in [0.25, 0.3) is 0 Å². The van der Waals surface area contributed by atoms with E-state index in [1.165, 1.54) is 5.56 Å². The second kappa shape index (κ2) is 9.68. The van der Waals surface area contributed by atoms with Crippen molar-refractivity contribution in [1.82, 2.24) is 5.32 Å². The van der Waals surface area contributed by atoms with E-state index in [0.29, 0.717) is 32.8 Å². The molecule has 0 unspecified atom stereocenters. The lowest BCUT2D eigenvalue weighted by Gasteiger charge is -2.19. The summed E-state index contributed by atoms with van der Waals surface area (Å²) in [6, 6.07) is 14.1. The Hall–Kier alpha value is -2.69. The summed E-state index contributed by atoms with van der Waals surface area (Å²) in [4.78, 5) is 12.0. The van der Waals surface area contributed by atoms with Crippen LogP contribution >= 0.6 is 0 Å². The summed E-state index contributed by atoms with van der Waals surface area (Å²) in [6.45, 7) is 8.71. The molecule has 1 heterocycles. The minimum atomic E-state index is 0.0502. The SMILES string of the molecule is CC(C)(C)c1ccc(OCCNC(=O)CCCc2ccc3c(c2)OCCO3)cc1. The molecule has 1 aliphatic rings. The molecule has 156 valence electrons. The molecule has 0 atom stereocenters. The maximum Gasteiger partial charge on any atom is 0.220 e. The Labute approximate surface area is 173 Å². The van der Waals surface area contributed by atoms with Gasteiger partial charge < -0.3 is 19.5 Å². The minimum Gasteiger partial charge on any atom is -0.492 e. The third kappa shape index (κ3) is 6.41. The average molecular weight is 398 g/mol. The number of benzene rings is 2. The molecule has 5 nitrogen and oxygen atoms in total. The van der Waals surface area contributed by atoms with E-state index < -0.39 is 0 Å². The average Bonchev–Trinajstić information content (AvgIpc) is 2.71. The Balaban J connectivity index is 1.31. The molecule has 1 N–H and O–H groups in total. The number of nitrogens with one attached hydrogen (secondary N) is 1. The lowest BCUT2D eigenvalue weighted by atomic mass is 9.87. The Morgan fingerprint density at radius 1 is 1.03 bits per heavy atom. The molecule has 3 rings (SSSR count). The van der Waals surface area contributed by atoms with Gasteiger partial charge in [-0.1, -0.05) is 39.0 Å². The zero-order chi connectivity index (χ0) is 20.7. The van der Waals surface area contributed by atoms with Crippen molar-refractivity contribution < 1.29 is 19.0 Å². The Morgan fingerprint density at radius 2 is 1.76 bits per heavy atom. The number of ether oxygens (including phenoxy) is 3. The minimum absolute atomic E-state index is 0.0502. The zero-order valence-corrected chi connectivity index (χ0v) is 17.6. The van der Waals surface area contributed by atoms with Gasteiger partial charge in [-0.2, -0.15) is 0 Å². The van der Waals surface area contributed by atoms with Crippen molar-refractivity contribution in [2.75, 3.05) is 26.4 Å². The number of rotatable bonds is 8. The van der Waals surface area contributed by atoms with E-state index in [2.05, 4.69) is 38.2 Å². The summed E-state index contributed by atoms with van der Waals surface area (Å²) < 4.78 is 16.8. The number of hydrogen-bond acceptors (Lipinski definition) is 4. The lowest BCUT2D eigenvalue weighted by Crippen LogP contribution is -2.27. The Bertz CT molecular complexity index is 809.